The molecule has 0 bridgehead atoms. The van der Waals surface area contributed by atoms with E-state index in [4.69, 9.17) is 34.8 Å². The van der Waals surface area contributed by atoms with Crippen LogP contribution in [0.1, 0.15) is 10.4 Å². The van der Waals surface area contributed by atoms with Gasteiger partial charge in [0.15, 0.2) is 0 Å². The van der Waals surface area contributed by atoms with Crippen LogP contribution in [0, 0.1) is 0 Å². The Bertz CT molecular complexity index is 624. The predicted octanol–water partition coefficient (Wildman–Crippen LogP) is 5.01. The predicted molar refractivity (Wildman–Crippen MR) is 73.9 cm³/mol. The molecule has 0 saturated carbocycles. The fourth-order valence-electron chi connectivity index (χ4n) is 1.64. The fraction of sp³-hybridized carbons (Fsp3) is 0. The van der Waals surface area contributed by atoms with Crippen molar-refractivity contribution in [3.05, 3.63) is 57.0 Å². The van der Waals surface area contributed by atoms with Gasteiger partial charge in [0.05, 0.1) is 15.6 Å². The van der Waals surface area contributed by atoms with Gasteiger partial charge in [0.2, 0.25) is 0 Å². The number of carbonyl (C=O) groups is 1. The molecule has 0 heterocycles. The Balaban J connectivity index is 2.71. The maximum absolute atomic E-state index is 11.2. The molecule has 0 radical (unpaired) electrons. The lowest BCUT2D eigenvalue weighted by Crippen LogP contribution is -1.99. The van der Waals surface area contributed by atoms with Crippen molar-refractivity contribution in [3.8, 4) is 11.1 Å². The van der Waals surface area contributed by atoms with Crippen LogP contribution in [0.2, 0.25) is 15.1 Å². The number of halogens is 3. The Labute approximate surface area is 119 Å². The number of carboxylic acid groups (broad SMARTS) is 1. The molecule has 18 heavy (non-hydrogen) atoms. The molecule has 0 spiro atoms. The van der Waals surface area contributed by atoms with Crippen molar-refractivity contribution in [1.29, 1.82) is 0 Å². The maximum atomic E-state index is 11.2. The number of benzene rings is 2. The zero-order chi connectivity index (χ0) is 13.3. The molecule has 2 aromatic rings. The fourth-order valence-corrected chi connectivity index (χ4v) is 2.21. The van der Waals surface area contributed by atoms with Gasteiger partial charge in [-0.2, -0.15) is 0 Å². The number of aromatic carboxylic acids is 1. The molecule has 2 aromatic carbocycles. The smallest absolute Gasteiger partial charge is 0.336 e. The third-order valence-electron chi connectivity index (χ3n) is 2.45. The highest BCUT2D eigenvalue weighted by atomic mass is 35.5. The molecule has 0 saturated heterocycles. The lowest BCUT2D eigenvalue weighted by Gasteiger charge is -2.09. The summed E-state index contributed by atoms with van der Waals surface area (Å²) in [6.07, 6.45) is 0. The Kier molecular flexibility index (Phi) is 3.81. The first-order valence-electron chi connectivity index (χ1n) is 4.98. The first kappa shape index (κ1) is 13.2. The minimum absolute atomic E-state index is 0.0895. The van der Waals surface area contributed by atoms with E-state index in [-0.39, 0.29) is 5.56 Å². The molecule has 92 valence electrons. The zero-order valence-corrected chi connectivity index (χ0v) is 11.2. The van der Waals surface area contributed by atoms with Gasteiger partial charge in [-0.05, 0) is 23.8 Å². The molecule has 5 heteroatoms. The summed E-state index contributed by atoms with van der Waals surface area (Å²) < 4.78 is 0. The van der Waals surface area contributed by atoms with Gasteiger partial charge in [-0.1, -0.05) is 53.0 Å². The molecule has 0 unspecified atom stereocenters. The van der Waals surface area contributed by atoms with Gasteiger partial charge in [0, 0.05) is 10.6 Å². The van der Waals surface area contributed by atoms with Crippen LogP contribution in [-0.2, 0) is 0 Å². The standard InChI is InChI=1S/C13H7Cl3O2/c14-7-4-5-8(10(6-7)13(17)18)9-2-1-3-11(15)12(9)16/h1-6H,(H,17,18). The first-order valence-corrected chi connectivity index (χ1v) is 6.11. The van der Waals surface area contributed by atoms with Gasteiger partial charge in [-0.15, -0.1) is 0 Å². The summed E-state index contributed by atoms with van der Waals surface area (Å²) in [7, 11) is 0. The molecule has 0 aliphatic carbocycles. The highest BCUT2D eigenvalue weighted by molar-refractivity contribution is 6.43. The Morgan fingerprint density at radius 2 is 1.72 bits per heavy atom. The molecule has 2 nitrogen and oxygen atoms in total. The van der Waals surface area contributed by atoms with Crippen molar-refractivity contribution in [2.75, 3.05) is 0 Å². The molecule has 0 aliphatic heterocycles. The second-order valence-corrected chi connectivity index (χ2v) is 4.82. The van der Waals surface area contributed by atoms with Gasteiger partial charge >= 0.3 is 5.97 Å². The van der Waals surface area contributed by atoms with Crippen molar-refractivity contribution >= 4 is 40.8 Å². The van der Waals surface area contributed by atoms with E-state index in [1.807, 2.05) is 0 Å². The molecule has 0 aromatic heterocycles. The lowest BCUT2D eigenvalue weighted by molar-refractivity contribution is 0.0697. The van der Waals surface area contributed by atoms with E-state index in [9.17, 15) is 9.90 Å². The molecular formula is C13H7Cl3O2. The number of hydrogen-bond acceptors (Lipinski definition) is 1. The van der Waals surface area contributed by atoms with Gasteiger partial charge in [0.1, 0.15) is 0 Å². The highest BCUT2D eigenvalue weighted by Crippen LogP contribution is 2.36. The van der Waals surface area contributed by atoms with Crippen LogP contribution in [0.3, 0.4) is 0 Å². The third-order valence-corrected chi connectivity index (χ3v) is 3.51. The lowest BCUT2D eigenvalue weighted by atomic mass is 10.00. The third kappa shape index (κ3) is 2.46. The van der Waals surface area contributed by atoms with E-state index in [0.717, 1.165) is 0 Å². The van der Waals surface area contributed by atoms with Gasteiger partial charge in [0.25, 0.3) is 0 Å². The van der Waals surface area contributed by atoms with E-state index in [1.54, 1.807) is 30.3 Å². The van der Waals surface area contributed by atoms with Gasteiger partial charge in [-0.3, -0.25) is 0 Å². The quantitative estimate of drug-likeness (QED) is 0.846. The normalized spacial score (nSPS) is 10.4. The Morgan fingerprint density at radius 1 is 1.00 bits per heavy atom. The summed E-state index contributed by atoms with van der Waals surface area (Å²) >= 11 is 17.8. The van der Waals surface area contributed by atoms with Crippen LogP contribution >= 0.6 is 34.8 Å². The van der Waals surface area contributed by atoms with Crippen molar-refractivity contribution in [3.63, 3.8) is 0 Å². The van der Waals surface area contributed by atoms with Crippen molar-refractivity contribution in [2.45, 2.75) is 0 Å². The highest BCUT2D eigenvalue weighted by Gasteiger charge is 2.15. The molecule has 2 rings (SSSR count). The topological polar surface area (TPSA) is 37.3 Å². The molecule has 0 fully saturated rings. The number of hydrogen-bond donors (Lipinski definition) is 1. The summed E-state index contributed by atoms with van der Waals surface area (Å²) in [5, 5.41) is 10.2. The molecule has 0 atom stereocenters. The molecular weight excluding hydrogens is 294 g/mol. The molecule has 0 amide bonds. The van der Waals surface area contributed by atoms with Crippen molar-refractivity contribution in [1.82, 2.24) is 0 Å². The summed E-state index contributed by atoms with van der Waals surface area (Å²) in [6.45, 7) is 0. The van der Waals surface area contributed by atoms with Gasteiger partial charge in [-0.25, -0.2) is 4.79 Å². The van der Waals surface area contributed by atoms with E-state index < -0.39 is 5.97 Å². The second kappa shape index (κ2) is 5.19. The monoisotopic (exact) mass is 300 g/mol. The first-order chi connectivity index (χ1) is 8.50. The van der Waals surface area contributed by atoms with Crippen LogP contribution in [0.25, 0.3) is 11.1 Å². The van der Waals surface area contributed by atoms with Crippen LogP contribution in [-0.4, -0.2) is 11.1 Å². The Morgan fingerprint density at radius 3 is 2.39 bits per heavy atom. The SMILES string of the molecule is O=C(O)c1cc(Cl)ccc1-c1cccc(Cl)c1Cl. The second-order valence-electron chi connectivity index (χ2n) is 3.60. The average Bonchev–Trinajstić information content (AvgIpc) is 2.33. The van der Waals surface area contributed by atoms with Crippen LogP contribution < -0.4 is 0 Å². The average molecular weight is 302 g/mol. The van der Waals surface area contributed by atoms with Crippen LogP contribution in [0.4, 0.5) is 0 Å². The van der Waals surface area contributed by atoms with E-state index >= 15 is 0 Å². The van der Waals surface area contributed by atoms with Crippen molar-refractivity contribution in [2.24, 2.45) is 0 Å². The summed E-state index contributed by atoms with van der Waals surface area (Å²) in [5.41, 5.74) is 1.14. The number of rotatable bonds is 2. The zero-order valence-electron chi connectivity index (χ0n) is 8.95. The largest absolute Gasteiger partial charge is 0.478 e. The minimum atomic E-state index is -1.07. The molecule has 1 N–H and O–H groups in total. The van der Waals surface area contributed by atoms with Crippen LogP contribution in [0.15, 0.2) is 36.4 Å². The van der Waals surface area contributed by atoms with Gasteiger partial charge < -0.3 is 5.11 Å². The van der Waals surface area contributed by atoms with E-state index in [0.29, 0.717) is 26.2 Å². The van der Waals surface area contributed by atoms with Crippen LogP contribution in [0.5, 0.6) is 0 Å². The minimum Gasteiger partial charge on any atom is -0.478 e. The Hall–Kier alpha value is -1.22. The maximum Gasteiger partial charge on any atom is 0.336 e. The summed E-state index contributed by atoms with van der Waals surface area (Å²) in [6, 6.07) is 9.68. The number of carboxylic acids is 1. The van der Waals surface area contributed by atoms with Crippen molar-refractivity contribution < 1.29 is 9.90 Å². The molecule has 0 aliphatic rings. The summed E-state index contributed by atoms with van der Waals surface area (Å²) in [4.78, 5) is 11.2. The summed E-state index contributed by atoms with van der Waals surface area (Å²) in [5.74, 6) is -1.07. The van der Waals surface area contributed by atoms with E-state index in [1.165, 1.54) is 6.07 Å². The van der Waals surface area contributed by atoms with E-state index in [2.05, 4.69) is 0 Å².